The Morgan fingerprint density at radius 1 is 0.900 bits per heavy atom. The number of hydrogen-bond donors (Lipinski definition) is 1. The Bertz CT molecular complexity index is 833. The van der Waals surface area contributed by atoms with E-state index in [1.807, 2.05) is 48.5 Å². The van der Waals surface area contributed by atoms with Gasteiger partial charge in [0, 0.05) is 0 Å². The van der Waals surface area contributed by atoms with Gasteiger partial charge in [-0.3, -0.25) is 0 Å². The van der Waals surface area contributed by atoms with Crippen LogP contribution in [-0.2, 0) is 0 Å². The van der Waals surface area contributed by atoms with Crippen molar-refractivity contribution < 1.29 is 0 Å². The van der Waals surface area contributed by atoms with Crippen molar-refractivity contribution in [3.05, 3.63) is 54.6 Å². The number of aromatic nitrogens is 1. The molecule has 0 aliphatic carbocycles. The molecule has 1 aromatic heterocycles. The van der Waals surface area contributed by atoms with Gasteiger partial charge >= 0.3 is 128 Å². The predicted molar refractivity (Wildman–Crippen MR) is 88.2 cm³/mol. The summed E-state index contributed by atoms with van der Waals surface area (Å²) in [5.41, 5.74) is 1.93. The van der Waals surface area contributed by atoms with Crippen LogP contribution in [0.4, 0.5) is 11.5 Å². The summed E-state index contributed by atoms with van der Waals surface area (Å²) in [6.45, 7) is 0. The van der Waals surface area contributed by atoms with Gasteiger partial charge in [0.15, 0.2) is 0 Å². The van der Waals surface area contributed by atoms with Gasteiger partial charge in [0.1, 0.15) is 0 Å². The maximum absolute atomic E-state index is 6.81. The van der Waals surface area contributed by atoms with Gasteiger partial charge in [0.05, 0.1) is 0 Å². The van der Waals surface area contributed by atoms with Gasteiger partial charge in [-0.05, 0) is 0 Å². The normalized spacial score (nSPS) is 16.9. The van der Waals surface area contributed by atoms with Crippen LogP contribution in [0.1, 0.15) is 0 Å². The molecule has 2 nitrogen and oxygen atoms in total. The number of benzene rings is 2. The third kappa shape index (κ3) is 1.82. The van der Waals surface area contributed by atoms with Crippen molar-refractivity contribution >= 4 is 63.5 Å². The van der Waals surface area contributed by atoms with Crippen LogP contribution in [0.5, 0.6) is 0 Å². The number of nitrogens with one attached hydrogen (secondary N) is 1. The van der Waals surface area contributed by atoms with Crippen LogP contribution in [0.25, 0.3) is 10.9 Å². The first-order chi connectivity index (χ1) is 9.66. The number of hydrogen-bond acceptors (Lipinski definition) is 2. The van der Waals surface area contributed by atoms with Crippen molar-refractivity contribution in [3.8, 4) is 0 Å². The van der Waals surface area contributed by atoms with Gasteiger partial charge < -0.3 is 0 Å². The molecule has 3 aromatic rings. The summed E-state index contributed by atoms with van der Waals surface area (Å²) in [6, 6.07) is 18.1. The van der Waals surface area contributed by atoms with E-state index in [-0.39, 0.29) is 0 Å². The quantitative estimate of drug-likeness (QED) is 0.569. The van der Waals surface area contributed by atoms with Gasteiger partial charge in [-0.15, -0.1) is 0 Å². The van der Waals surface area contributed by atoms with E-state index in [4.69, 9.17) is 17.9 Å². The summed E-state index contributed by atoms with van der Waals surface area (Å²) < 4.78 is 2.02. The first kappa shape index (κ1) is 12.7. The first-order valence-electron chi connectivity index (χ1n) is 6.15. The zero-order chi connectivity index (χ0) is 13.7. The van der Waals surface area contributed by atoms with Gasteiger partial charge in [-0.25, -0.2) is 0 Å². The van der Waals surface area contributed by atoms with E-state index in [9.17, 15) is 0 Å². The average Bonchev–Trinajstić information content (AvgIpc) is 2.46. The minimum atomic E-state index is -3.33. The second-order valence-electron chi connectivity index (χ2n) is 4.62. The molecule has 1 N–H and O–H groups in total. The number of rotatable bonds is 0. The Morgan fingerprint density at radius 3 is 2.55 bits per heavy atom. The molecule has 0 radical (unpaired) electrons. The Hall–Kier alpha value is -0.980. The summed E-state index contributed by atoms with van der Waals surface area (Å²) >= 11 is -3.33. The van der Waals surface area contributed by atoms with Crippen molar-refractivity contribution in [2.75, 3.05) is 5.32 Å². The molecule has 2 heterocycles. The standard InChI is InChI=1S/C15H10Cl2N2Te/c16-20(17)13-8-4-3-7-12(13)19-15-14(20)9-10-5-1-2-6-11(10)18-15/h1-9H,(H,18,19). The predicted octanol–water partition coefficient (Wildman–Crippen LogP) is 3.33. The van der Waals surface area contributed by atoms with Gasteiger partial charge in [-0.1, -0.05) is 0 Å². The van der Waals surface area contributed by atoms with Crippen LogP contribution in [0.3, 0.4) is 0 Å². The van der Waals surface area contributed by atoms with Crippen LogP contribution in [0, 0.1) is 0 Å². The number of nitrogens with zero attached hydrogens (tertiary/aromatic N) is 1. The summed E-state index contributed by atoms with van der Waals surface area (Å²) in [5, 5.41) is 4.43. The molecule has 20 heavy (non-hydrogen) atoms. The minimum absolute atomic E-state index is 0.800. The fraction of sp³-hybridized carbons (Fsp3) is 0. The van der Waals surface area contributed by atoms with Gasteiger partial charge in [0.2, 0.25) is 0 Å². The van der Waals surface area contributed by atoms with Crippen molar-refractivity contribution in [3.63, 3.8) is 0 Å². The first-order valence-corrected chi connectivity index (χ1v) is 14.4. The average molecular weight is 417 g/mol. The molecule has 4 rings (SSSR count). The molecule has 1 aliphatic heterocycles. The maximum atomic E-state index is 6.81. The van der Waals surface area contributed by atoms with E-state index in [0.717, 1.165) is 29.6 Å². The topological polar surface area (TPSA) is 24.9 Å². The van der Waals surface area contributed by atoms with Gasteiger partial charge in [0.25, 0.3) is 0 Å². The monoisotopic (exact) mass is 418 g/mol. The number of pyridine rings is 1. The summed E-state index contributed by atoms with van der Waals surface area (Å²) in [7, 11) is 13.6. The molecule has 0 amide bonds. The summed E-state index contributed by atoms with van der Waals surface area (Å²) in [5.74, 6) is 0.800. The van der Waals surface area contributed by atoms with Crippen molar-refractivity contribution in [2.45, 2.75) is 0 Å². The second-order valence-corrected chi connectivity index (χ2v) is 17.1. The Balaban J connectivity index is 2.04. The van der Waals surface area contributed by atoms with E-state index in [0.29, 0.717) is 0 Å². The molecule has 0 saturated carbocycles. The van der Waals surface area contributed by atoms with E-state index >= 15 is 0 Å². The molecule has 0 fully saturated rings. The van der Waals surface area contributed by atoms with E-state index in [1.54, 1.807) is 0 Å². The van der Waals surface area contributed by atoms with E-state index in [1.165, 1.54) is 0 Å². The number of para-hydroxylation sites is 2. The van der Waals surface area contributed by atoms with Crippen molar-refractivity contribution in [2.24, 2.45) is 0 Å². The molecule has 2 aromatic carbocycles. The number of halogens is 2. The van der Waals surface area contributed by atoms with Crippen LogP contribution >= 0.6 is 17.9 Å². The molecular weight excluding hydrogens is 407 g/mol. The fourth-order valence-electron chi connectivity index (χ4n) is 2.42. The molecule has 0 spiro atoms. The number of fused-ring (bicyclic) bond motifs is 3. The third-order valence-corrected chi connectivity index (χ3v) is 12.9. The summed E-state index contributed by atoms with van der Waals surface area (Å²) in [4.78, 5) is 4.68. The van der Waals surface area contributed by atoms with Crippen molar-refractivity contribution in [1.82, 2.24) is 4.98 Å². The second kappa shape index (κ2) is 4.51. The van der Waals surface area contributed by atoms with Crippen LogP contribution < -0.4 is 12.5 Å². The zero-order valence-corrected chi connectivity index (χ0v) is 14.1. The Labute approximate surface area is 128 Å². The molecule has 0 saturated heterocycles. The number of anilines is 2. The Kier molecular flexibility index (Phi) is 2.87. The van der Waals surface area contributed by atoms with E-state index < -0.39 is 15.9 Å². The molecule has 0 bridgehead atoms. The molecule has 1 aliphatic rings. The molecule has 5 heteroatoms. The zero-order valence-electron chi connectivity index (χ0n) is 10.3. The molecule has 0 atom stereocenters. The van der Waals surface area contributed by atoms with Crippen molar-refractivity contribution in [1.29, 1.82) is 0 Å². The summed E-state index contributed by atoms with van der Waals surface area (Å²) in [6.07, 6.45) is 0. The molecular formula is C15H10Cl2N2Te. The SMILES string of the molecule is Cl[Te]1(Cl)c2ccccc2Nc2nc3ccccc3cc21. The third-order valence-electron chi connectivity index (χ3n) is 3.38. The fourth-order valence-corrected chi connectivity index (χ4v) is 10.1. The molecule has 100 valence electrons. The Morgan fingerprint density at radius 2 is 1.65 bits per heavy atom. The van der Waals surface area contributed by atoms with Crippen LogP contribution in [0.15, 0.2) is 54.6 Å². The molecule has 0 unspecified atom stereocenters. The van der Waals surface area contributed by atoms with Crippen LogP contribution in [-0.4, -0.2) is 20.9 Å². The van der Waals surface area contributed by atoms with Crippen LogP contribution in [0.2, 0.25) is 0 Å². The van der Waals surface area contributed by atoms with Gasteiger partial charge in [-0.2, -0.15) is 0 Å². The van der Waals surface area contributed by atoms with E-state index in [2.05, 4.69) is 16.4 Å².